The molecule has 1 nitrogen and oxygen atoms in total. The molecule has 1 saturated carbocycles. The zero-order valence-electron chi connectivity index (χ0n) is 8.47. The Labute approximate surface area is 84.1 Å². The summed E-state index contributed by atoms with van der Waals surface area (Å²) >= 11 is 0. The highest BCUT2D eigenvalue weighted by Gasteiger charge is 2.48. The average Bonchev–Trinajstić information content (AvgIpc) is 2.85. The first-order valence-corrected chi connectivity index (χ1v) is 5.36. The SMILES string of the molecule is CC(=O)c1ccc2c(c1)CCC21CC1. The van der Waals surface area contributed by atoms with Gasteiger partial charge in [0.05, 0.1) is 0 Å². The number of benzene rings is 1. The van der Waals surface area contributed by atoms with Gasteiger partial charge < -0.3 is 0 Å². The Morgan fingerprint density at radius 2 is 2.07 bits per heavy atom. The van der Waals surface area contributed by atoms with E-state index in [0.29, 0.717) is 5.41 Å². The normalized spacial score (nSPS) is 20.9. The third kappa shape index (κ3) is 0.985. The van der Waals surface area contributed by atoms with E-state index in [1.165, 1.54) is 36.8 Å². The monoisotopic (exact) mass is 186 g/mol. The number of rotatable bonds is 1. The second-order valence-corrected chi connectivity index (χ2v) is 4.71. The molecule has 2 aliphatic carbocycles. The third-order valence-electron chi connectivity index (χ3n) is 3.81. The van der Waals surface area contributed by atoms with Gasteiger partial charge in [-0.1, -0.05) is 12.1 Å². The van der Waals surface area contributed by atoms with E-state index in [1.807, 2.05) is 6.07 Å². The number of hydrogen-bond acceptors (Lipinski definition) is 1. The van der Waals surface area contributed by atoms with Crippen LogP contribution in [0.15, 0.2) is 18.2 Å². The van der Waals surface area contributed by atoms with E-state index < -0.39 is 0 Å². The van der Waals surface area contributed by atoms with Gasteiger partial charge in [-0.15, -0.1) is 0 Å². The van der Waals surface area contributed by atoms with E-state index in [1.54, 1.807) is 6.92 Å². The maximum absolute atomic E-state index is 11.2. The molecule has 1 heteroatoms. The van der Waals surface area contributed by atoms with Crippen LogP contribution in [-0.2, 0) is 11.8 Å². The van der Waals surface area contributed by atoms with E-state index in [4.69, 9.17) is 0 Å². The van der Waals surface area contributed by atoms with Crippen LogP contribution in [0, 0.1) is 0 Å². The highest BCUT2D eigenvalue weighted by atomic mass is 16.1. The van der Waals surface area contributed by atoms with Crippen molar-refractivity contribution in [2.45, 2.75) is 38.0 Å². The smallest absolute Gasteiger partial charge is 0.159 e. The topological polar surface area (TPSA) is 17.1 Å². The number of aryl methyl sites for hydroxylation is 1. The molecule has 72 valence electrons. The Morgan fingerprint density at radius 1 is 1.29 bits per heavy atom. The Kier molecular flexibility index (Phi) is 1.45. The predicted octanol–water partition coefficient (Wildman–Crippen LogP) is 2.87. The first-order valence-electron chi connectivity index (χ1n) is 5.36. The largest absolute Gasteiger partial charge is 0.295 e. The minimum atomic E-state index is 0.185. The summed E-state index contributed by atoms with van der Waals surface area (Å²) in [6.07, 6.45) is 5.21. The van der Waals surface area contributed by atoms with Crippen molar-refractivity contribution in [3.05, 3.63) is 34.9 Å². The van der Waals surface area contributed by atoms with Crippen molar-refractivity contribution in [3.63, 3.8) is 0 Å². The van der Waals surface area contributed by atoms with Gasteiger partial charge in [-0.3, -0.25) is 4.79 Å². The van der Waals surface area contributed by atoms with E-state index in [9.17, 15) is 4.79 Å². The molecule has 0 radical (unpaired) electrons. The molecule has 0 atom stereocenters. The van der Waals surface area contributed by atoms with Crippen LogP contribution in [-0.4, -0.2) is 5.78 Å². The van der Waals surface area contributed by atoms with Crippen molar-refractivity contribution in [2.24, 2.45) is 0 Å². The van der Waals surface area contributed by atoms with Gasteiger partial charge in [0.1, 0.15) is 0 Å². The minimum absolute atomic E-state index is 0.185. The number of fused-ring (bicyclic) bond motifs is 2. The van der Waals surface area contributed by atoms with Crippen LogP contribution in [0.4, 0.5) is 0 Å². The van der Waals surface area contributed by atoms with Crippen molar-refractivity contribution in [2.75, 3.05) is 0 Å². The first kappa shape index (κ1) is 8.22. The third-order valence-corrected chi connectivity index (χ3v) is 3.81. The number of carbonyl (C=O) groups is 1. The lowest BCUT2D eigenvalue weighted by Gasteiger charge is -2.07. The van der Waals surface area contributed by atoms with Crippen molar-refractivity contribution < 1.29 is 4.79 Å². The van der Waals surface area contributed by atoms with Gasteiger partial charge in [-0.2, -0.15) is 0 Å². The molecule has 1 fully saturated rings. The molecule has 1 aromatic carbocycles. The number of carbonyl (C=O) groups excluding carboxylic acids is 1. The maximum Gasteiger partial charge on any atom is 0.159 e. The summed E-state index contributed by atoms with van der Waals surface area (Å²) in [7, 11) is 0. The van der Waals surface area contributed by atoms with Crippen LogP contribution in [0.5, 0.6) is 0 Å². The molecule has 2 aliphatic rings. The second kappa shape index (κ2) is 2.47. The highest BCUT2D eigenvalue weighted by Crippen LogP contribution is 2.56. The summed E-state index contributed by atoms with van der Waals surface area (Å²) in [6, 6.07) is 6.28. The Balaban J connectivity index is 2.09. The predicted molar refractivity (Wildman–Crippen MR) is 55.7 cm³/mol. The van der Waals surface area contributed by atoms with E-state index in [-0.39, 0.29) is 5.78 Å². The molecule has 0 heterocycles. The molecule has 0 aromatic heterocycles. The zero-order valence-corrected chi connectivity index (χ0v) is 8.47. The van der Waals surface area contributed by atoms with Gasteiger partial charge >= 0.3 is 0 Å². The fraction of sp³-hybridized carbons (Fsp3) is 0.462. The van der Waals surface area contributed by atoms with Crippen molar-refractivity contribution in [1.29, 1.82) is 0 Å². The van der Waals surface area contributed by atoms with E-state index in [2.05, 4.69) is 12.1 Å². The first-order chi connectivity index (χ1) is 6.71. The molecule has 0 bridgehead atoms. The molecule has 1 aromatic rings. The lowest BCUT2D eigenvalue weighted by molar-refractivity contribution is 0.101. The molecule has 0 N–H and O–H groups in total. The van der Waals surface area contributed by atoms with Crippen LogP contribution >= 0.6 is 0 Å². The van der Waals surface area contributed by atoms with Crippen LogP contribution in [0.1, 0.15) is 47.7 Å². The minimum Gasteiger partial charge on any atom is -0.295 e. The van der Waals surface area contributed by atoms with Gasteiger partial charge in [0, 0.05) is 5.56 Å². The second-order valence-electron chi connectivity index (χ2n) is 4.71. The van der Waals surface area contributed by atoms with Crippen LogP contribution in [0.25, 0.3) is 0 Å². The number of Topliss-reactive ketones (excluding diaryl/α,β-unsaturated/α-hetero) is 1. The fourth-order valence-corrected chi connectivity index (χ4v) is 2.72. The summed E-state index contributed by atoms with van der Waals surface area (Å²) in [5, 5.41) is 0. The van der Waals surface area contributed by atoms with Crippen molar-refractivity contribution >= 4 is 5.78 Å². The number of hydrogen-bond donors (Lipinski definition) is 0. The Hall–Kier alpha value is -1.11. The Bertz CT molecular complexity index is 413. The van der Waals surface area contributed by atoms with Crippen LogP contribution < -0.4 is 0 Å². The van der Waals surface area contributed by atoms with E-state index in [0.717, 1.165) is 5.56 Å². The van der Waals surface area contributed by atoms with Gasteiger partial charge in [-0.25, -0.2) is 0 Å². The fourth-order valence-electron chi connectivity index (χ4n) is 2.72. The molecule has 0 unspecified atom stereocenters. The summed E-state index contributed by atoms with van der Waals surface area (Å²) in [4.78, 5) is 11.2. The van der Waals surface area contributed by atoms with Crippen molar-refractivity contribution in [1.82, 2.24) is 0 Å². The van der Waals surface area contributed by atoms with Crippen LogP contribution in [0.3, 0.4) is 0 Å². The molecule has 1 spiro atoms. The summed E-state index contributed by atoms with van der Waals surface area (Å²) < 4.78 is 0. The number of ketones is 1. The van der Waals surface area contributed by atoms with Gasteiger partial charge in [-0.05, 0) is 55.2 Å². The summed E-state index contributed by atoms with van der Waals surface area (Å²) in [5.74, 6) is 0.185. The molecule has 14 heavy (non-hydrogen) atoms. The lowest BCUT2D eigenvalue weighted by Crippen LogP contribution is -2.00. The van der Waals surface area contributed by atoms with Crippen molar-refractivity contribution in [3.8, 4) is 0 Å². The quantitative estimate of drug-likeness (QED) is 0.616. The van der Waals surface area contributed by atoms with Gasteiger partial charge in [0.25, 0.3) is 0 Å². The Morgan fingerprint density at radius 3 is 2.71 bits per heavy atom. The summed E-state index contributed by atoms with van der Waals surface area (Å²) in [5.41, 5.74) is 4.38. The van der Waals surface area contributed by atoms with Gasteiger partial charge in [0.2, 0.25) is 0 Å². The molecule has 0 saturated heterocycles. The molecule has 3 rings (SSSR count). The molecular weight excluding hydrogens is 172 g/mol. The lowest BCUT2D eigenvalue weighted by atomic mass is 9.97. The zero-order chi connectivity index (χ0) is 9.76. The average molecular weight is 186 g/mol. The van der Waals surface area contributed by atoms with Crippen LogP contribution in [0.2, 0.25) is 0 Å². The standard InChI is InChI=1S/C13H14O/c1-9(14)10-2-3-12-11(8-10)4-5-13(12)6-7-13/h2-3,8H,4-7H2,1H3. The summed E-state index contributed by atoms with van der Waals surface area (Å²) in [6.45, 7) is 1.64. The maximum atomic E-state index is 11.2. The van der Waals surface area contributed by atoms with Gasteiger partial charge in [0.15, 0.2) is 5.78 Å². The molecule has 0 amide bonds. The van der Waals surface area contributed by atoms with E-state index >= 15 is 0 Å². The molecular formula is C13H14O. The highest BCUT2D eigenvalue weighted by molar-refractivity contribution is 5.94. The molecule has 0 aliphatic heterocycles.